The molecule has 8 heteroatoms. The van der Waals surface area contributed by atoms with Crippen LogP contribution in [0.5, 0.6) is 0 Å². The van der Waals surface area contributed by atoms with Crippen molar-refractivity contribution < 1.29 is 13.9 Å². The smallest absolute Gasteiger partial charge is 0.134 e. The van der Waals surface area contributed by atoms with E-state index in [0.29, 0.717) is 43.1 Å². The van der Waals surface area contributed by atoms with Crippen LogP contribution in [0.15, 0.2) is 24.5 Å². The predicted octanol–water partition coefficient (Wildman–Crippen LogP) is 1.94. The maximum absolute atomic E-state index is 14.4. The van der Waals surface area contributed by atoms with Gasteiger partial charge in [0, 0.05) is 42.9 Å². The Hall–Kier alpha value is -2.32. The molecule has 2 aliphatic rings. The van der Waals surface area contributed by atoms with Crippen molar-refractivity contribution in [2.75, 3.05) is 23.7 Å². The van der Waals surface area contributed by atoms with Crippen molar-refractivity contribution in [1.29, 1.82) is 0 Å². The molecule has 1 unspecified atom stereocenters. The first kappa shape index (κ1) is 18.1. The van der Waals surface area contributed by atoms with E-state index in [2.05, 4.69) is 15.3 Å². The lowest BCUT2D eigenvalue weighted by molar-refractivity contribution is 0.193. The standard InChI is InChI=1S/C19H23F2N5O/c20-12-4-11-2-1-3-16(19(11)15(21)5-12)23-8-13-6-14(27)9-26(13)18-7-17(22)24-10-25-18/h4-5,7,10,13-14,16,23,27H,1-3,6,8-9H2,(H2,22,24,25)/t13-,14-,16?/m1/s1. The van der Waals surface area contributed by atoms with Gasteiger partial charge in [-0.25, -0.2) is 18.7 Å². The lowest BCUT2D eigenvalue weighted by Gasteiger charge is -2.31. The summed E-state index contributed by atoms with van der Waals surface area (Å²) in [5.41, 5.74) is 7.06. The van der Waals surface area contributed by atoms with Crippen LogP contribution in [-0.4, -0.2) is 40.3 Å². The van der Waals surface area contributed by atoms with Crippen LogP contribution in [-0.2, 0) is 6.42 Å². The van der Waals surface area contributed by atoms with Crippen LogP contribution in [0.4, 0.5) is 20.4 Å². The molecule has 1 aliphatic heterocycles. The number of anilines is 2. The summed E-state index contributed by atoms with van der Waals surface area (Å²) in [5.74, 6) is 0.0222. The number of hydrogen-bond donors (Lipinski definition) is 3. The number of nitrogens with two attached hydrogens (primary N) is 1. The summed E-state index contributed by atoms with van der Waals surface area (Å²) < 4.78 is 27.9. The van der Waals surface area contributed by atoms with E-state index >= 15 is 0 Å². The number of hydrogen-bond acceptors (Lipinski definition) is 6. The van der Waals surface area contributed by atoms with Crippen LogP contribution in [0.1, 0.15) is 36.4 Å². The number of aliphatic hydroxyl groups excluding tert-OH is 1. The first-order valence-electron chi connectivity index (χ1n) is 9.24. The van der Waals surface area contributed by atoms with Crippen LogP contribution in [0.25, 0.3) is 0 Å². The normalized spacial score (nSPS) is 24.9. The van der Waals surface area contributed by atoms with E-state index in [4.69, 9.17) is 5.73 Å². The highest BCUT2D eigenvalue weighted by Crippen LogP contribution is 2.33. The molecule has 1 saturated heterocycles. The van der Waals surface area contributed by atoms with Crippen LogP contribution in [0, 0.1) is 11.6 Å². The highest BCUT2D eigenvalue weighted by molar-refractivity contribution is 5.48. The Morgan fingerprint density at radius 3 is 2.93 bits per heavy atom. The van der Waals surface area contributed by atoms with Crippen molar-refractivity contribution in [2.24, 2.45) is 0 Å². The number of aromatic nitrogens is 2. The molecule has 6 nitrogen and oxygen atoms in total. The summed E-state index contributed by atoms with van der Waals surface area (Å²) in [6.45, 7) is 1.02. The topological polar surface area (TPSA) is 87.3 Å². The molecule has 3 atom stereocenters. The molecule has 0 radical (unpaired) electrons. The summed E-state index contributed by atoms with van der Waals surface area (Å²) in [7, 11) is 0. The predicted molar refractivity (Wildman–Crippen MR) is 98.2 cm³/mol. The lowest BCUT2D eigenvalue weighted by atomic mass is 9.87. The molecule has 27 heavy (non-hydrogen) atoms. The largest absolute Gasteiger partial charge is 0.391 e. The molecule has 0 saturated carbocycles. The molecular weight excluding hydrogens is 352 g/mol. The van der Waals surface area contributed by atoms with E-state index in [0.717, 1.165) is 24.5 Å². The second kappa shape index (κ2) is 7.36. The molecule has 0 bridgehead atoms. The minimum Gasteiger partial charge on any atom is -0.391 e. The average Bonchev–Trinajstić information content (AvgIpc) is 3.00. The van der Waals surface area contributed by atoms with Gasteiger partial charge in [0.2, 0.25) is 0 Å². The zero-order valence-electron chi connectivity index (χ0n) is 14.9. The summed E-state index contributed by atoms with van der Waals surface area (Å²) >= 11 is 0. The number of aliphatic hydroxyl groups is 1. The van der Waals surface area contributed by atoms with E-state index in [-0.39, 0.29) is 12.1 Å². The molecule has 1 aromatic carbocycles. The first-order valence-corrected chi connectivity index (χ1v) is 9.24. The Balaban J connectivity index is 1.50. The molecule has 1 aliphatic carbocycles. The SMILES string of the molecule is Nc1cc(N2C[C@H](O)C[C@@H]2CNC2CCCc3cc(F)cc(F)c32)ncn1. The van der Waals surface area contributed by atoms with Crippen molar-refractivity contribution in [2.45, 2.75) is 43.9 Å². The van der Waals surface area contributed by atoms with Gasteiger partial charge in [-0.1, -0.05) is 0 Å². The first-order chi connectivity index (χ1) is 13.0. The highest BCUT2D eigenvalue weighted by atomic mass is 19.1. The Kier molecular flexibility index (Phi) is 4.92. The third-order valence-electron chi connectivity index (χ3n) is 5.43. The van der Waals surface area contributed by atoms with E-state index in [1.807, 2.05) is 4.90 Å². The van der Waals surface area contributed by atoms with Gasteiger partial charge in [0.15, 0.2) is 0 Å². The number of nitrogens with zero attached hydrogens (tertiary/aromatic N) is 3. The highest BCUT2D eigenvalue weighted by Gasteiger charge is 2.33. The van der Waals surface area contributed by atoms with E-state index in [1.165, 1.54) is 12.4 Å². The van der Waals surface area contributed by atoms with Gasteiger partial charge in [-0.05, 0) is 37.3 Å². The molecule has 144 valence electrons. The molecule has 0 spiro atoms. The van der Waals surface area contributed by atoms with Crippen LogP contribution in [0.2, 0.25) is 0 Å². The second-order valence-corrected chi connectivity index (χ2v) is 7.31. The van der Waals surface area contributed by atoms with Crippen molar-refractivity contribution in [3.63, 3.8) is 0 Å². The third-order valence-corrected chi connectivity index (χ3v) is 5.43. The second-order valence-electron chi connectivity index (χ2n) is 7.31. The lowest BCUT2D eigenvalue weighted by Crippen LogP contribution is -2.40. The van der Waals surface area contributed by atoms with Gasteiger partial charge in [0.1, 0.15) is 29.6 Å². The minimum absolute atomic E-state index is 0.00295. The van der Waals surface area contributed by atoms with Gasteiger partial charge < -0.3 is 21.1 Å². The number of rotatable bonds is 4. The Labute approximate surface area is 156 Å². The molecule has 0 amide bonds. The van der Waals surface area contributed by atoms with Crippen LogP contribution in [0.3, 0.4) is 0 Å². The number of nitrogen functional groups attached to an aromatic ring is 1. The molecule has 4 rings (SSSR count). The fourth-order valence-electron chi connectivity index (χ4n) is 4.24. The summed E-state index contributed by atoms with van der Waals surface area (Å²) in [4.78, 5) is 10.2. The van der Waals surface area contributed by atoms with E-state index < -0.39 is 17.7 Å². The Bertz CT molecular complexity index is 834. The fraction of sp³-hybridized carbons (Fsp3) is 0.474. The molecule has 1 aromatic heterocycles. The number of β-amino-alcohol motifs (C(OH)–C–C–N with tert-alkyl or cyclic N) is 1. The van der Waals surface area contributed by atoms with Gasteiger partial charge in [0.25, 0.3) is 0 Å². The zero-order valence-corrected chi connectivity index (χ0v) is 14.9. The average molecular weight is 375 g/mol. The molecule has 2 aromatic rings. The van der Waals surface area contributed by atoms with E-state index in [9.17, 15) is 13.9 Å². The van der Waals surface area contributed by atoms with Crippen LogP contribution < -0.4 is 16.0 Å². The van der Waals surface area contributed by atoms with Gasteiger partial charge in [-0.2, -0.15) is 0 Å². The Morgan fingerprint density at radius 1 is 1.26 bits per heavy atom. The van der Waals surface area contributed by atoms with Crippen molar-refractivity contribution in [3.8, 4) is 0 Å². The maximum Gasteiger partial charge on any atom is 0.134 e. The minimum atomic E-state index is -0.529. The molecule has 2 heterocycles. The molecule has 1 fully saturated rings. The summed E-state index contributed by atoms with van der Waals surface area (Å²) in [6.07, 6.45) is 3.90. The van der Waals surface area contributed by atoms with Gasteiger partial charge in [-0.3, -0.25) is 0 Å². The molecular formula is C19H23F2N5O. The van der Waals surface area contributed by atoms with Gasteiger partial charge in [-0.15, -0.1) is 0 Å². The summed E-state index contributed by atoms with van der Waals surface area (Å²) in [6, 6.07) is 3.91. The number of halogens is 2. The fourth-order valence-corrected chi connectivity index (χ4v) is 4.24. The number of nitrogens with one attached hydrogen (secondary N) is 1. The van der Waals surface area contributed by atoms with Crippen molar-refractivity contribution >= 4 is 11.6 Å². The third kappa shape index (κ3) is 3.72. The zero-order chi connectivity index (χ0) is 19.0. The number of fused-ring (bicyclic) bond motifs is 1. The van der Waals surface area contributed by atoms with Gasteiger partial charge in [0.05, 0.1) is 6.10 Å². The van der Waals surface area contributed by atoms with Crippen molar-refractivity contribution in [1.82, 2.24) is 15.3 Å². The number of aryl methyl sites for hydroxylation is 1. The Morgan fingerprint density at radius 2 is 2.11 bits per heavy atom. The van der Waals surface area contributed by atoms with Crippen molar-refractivity contribution in [3.05, 3.63) is 47.3 Å². The molecule has 4 N–H and O–H groups in total. The summed E-state index contributed by atoms with van der Waals surface area (Å²) in [5, 5.41) is 13.5. The maximum atomic E-state index is 14.4. The monoisotopic (exact) mass is 375 g/mol. The van der Waals surface area contributed by atoms with E-state index in [1.54, 1.807) is 6.07 Å². The number of benzene rings is 1. The van der Waals surface area contributed by atoms with Crippen LogP contribution >= 0.6 is 0 Å². The van der Waals surface area contributed by atoms with Gasteiger partial charge >= 0.3 is 0 Å². The quantitative estimate of drug-likeness (QED) is 0.757.